The molecule has 0 bridgehead atoms. The van der Waals surface area contributed by atoms with E-state index in [9.17, 15) is 18.0 Å². The molecule has 176 valence electrons. The van der Waals surface area contributed by atoms with E-state index in [2.05, 4.69) is 25.9 Å². The van der Waals surface area contributed by atoms with Gasteiger partial charge in [-0.1, -0.05) is 0 Å². The Morgan fingerprint density at radius 2 is 1.85 bits per heavy atom. The quantitative estimate of drug-likeness (QED) is 0.395. The van der Waals surface area contributed by atoms with Gasteiger partial charge in [0.05, 0.1) is 17.8 Å². The normalized spacial score (nSPS) is 11.5. The predicted molar refractivity (Wildman–Crippen MR) is 122 cm³/mol. The fourth-order valence-corrected chi connectivity index (χ4v) is 3.21. The standard InChI is InChI=1S/C23H26F3N5O2/c1-13-15(8-14-12-29-21(27-6-7-32)11-19(14)30-13)16-9-20(18(25)10-17(16)24)31-22(33)28-5-4-23(2,3)26/h8-12,32H,4-7H2,1-3H3,(H,27,29)(H2,28,31,33). The molecular weight excluding hydrogens is 435 g/mol. The summed E-state index contributed by atoms with van der Waals surface area (Å²) in [6.45, 7) is 4.82. The highest BCUT2D eigenvalue weighted by molar-refractivity contribution is 5.91. The average Bonchev–Trinajstić information content (AvgIpc) is 2.73. The largest absolute Gasteiger partial charge is 0.395 e. The van der Waals surface area contributed by atoms with Gasteiger partial charge in [-0.2, -0.15) is 0 Å². The Hall–Kier alpha value is -3.40. The fourth-order valence-electron chi connectivity index (χ4n) is 3.21. The van der Waals surface area contributed by atoms with Crippen LogP contribution in [0.3, 0.4) is 0 Å². The van der Waals surface area contributed by atoms with Gasteiger partial charge in [0.15, 0.2) is 0 Å². The van der Waals surface area contributed by atoms with Gasteiger partial charge in [0.2, 0.25) is 0 Å². The Morgan fingerprint density at radius 1 is 1.09 bits per heavy atom. The van der Waals surface area contributed by atoms with Crippen molar-refractivity contribution in [3.05, 3.63) is 47.8 Å². The number of fused-ring (bicyclic) bond motifs is 1. The lowest BCUT2D eigenvalue weighted by molar-refractivity contribution is 0.200. The molecule has 7 nitrogen and oxygen atoms in total. The fraction of sp³-hybridized carbons (Fsp3) is 0.348. The third-order valence-corrected chi connectivity index (χ3v) is 4.91. The molecule has 3 rings (SSSR count). The third kappa shape index (κ3) is 6.32. The number of urea groups is 1. The zero-order chi connectivity index (χ0) is 24.2. The van der Waals surface area contributed by atoms with Gasteiger partial charge in [-0.25, -0.2) is 22.9 Å². The molecule has 0 saturated carbocycles. The number of hydrogen-bond acceptors (Lipinski definition) is 5. The predicted octanol–water partition coefficient (Wildman–Crippen LogP) is 4.55. The summed E-state index contributed by atoms with van der Waals surface area (Å²) in [5, 5.41) is 17.3. The number of aryl methyl sites for hydroxylation is 1. The van der Waals surface area contributed by atoms with E-state index in [1.54, 1.807) is 25.3 Å². The summed E-state index contributed by atoms with van der Waals surface area (Å²) in [5.74, 6) is -1.21. The molecule has 2 amide bonds. The number of alkyl halides is 1. The summed E-state index contributed by atoms with van der Waals surface area (Å²) >= 11 is 0. The second kappa shape index (κ2) is 10.0. The molecule has 33 heavy (non-hydrogen) atoms. The van der Waals surface area contributed by atoms with Gasteiger partial charge >= 0.3 is 6.03 Å². The number of benzene rings is 1. The van der Waals surface area contributed by atoms with Gasteiger partial charge < -0.3 is 21.1 Å². The maximum absolute atomic E-state index is 14.7. The van der Waals surface area contributed by atoms with E-state index < -0.39 is 23.3 Å². The molecule has 0 radical (unpaired) electrons. The van der Waals surface area contributed by atoms with Crippen molar-refractivity contribution in [1.29, 1.82) is 0 Å². The monoisotopic (exact) mass is 461 g/mol. The van der Waals surface area contributed by atoms with Crippen LogP contribution in [0.5, 0.6) is 0 Å². The molecule has 1 aromatic carbocycles. The molecule has 0 saturated heterocycles. The van der Waals surface area contributed by atoms with Gasteiger partial charge in [-0.05, 0) is 39.3 Å². The summed E-state index contributed by atoms with van der Waals surface area (Å²) in [7, 11) is 0. The van der Waals surface area contributed by atoms with E-state index in [4.69, 9.17) is 5.11 Å². The van der Waals surface area contributed by atoms with Crippen molar-refractivity contribution >= 4 is 28.4 Å². The number of carbonyl (C=O) groups excluding carboxylic acids is 1. The molecule has 0 atom stereocenters. The highest BCUT2D eigenvalue weighted by Gasteiger charge is 2.18. The van der Waals surface area contributed by atoms with Gasteiger partial charge in [-0.15, -0.1) is 0 Å². The third-order valence-electron chi connectivity index (χ3n) is 4.91. The molecule has 0 aliphatic heterocycles. The molecule has 2 heterocycles. The van der Waals surface area contributed by atoms with Crippen LogP contribution in [-0.4, -0.2) is 46.5 Å². The molecule has 0 unspecified atom stereocenters. The number of pyridine rings is 2. The smallest absolute Gasteiger partial charge is 0.319 e. The van der Waals surface area contributed by atoms with Crippen LogP contribution in [0.1, 0.15) is 26.0 Å². The van der Waals surface area contributed by atoms with Gasteiger partial charge in [0.1, 0.15) is 23.1 Å². The summed E-state index contributed by atoms with van der Waals surface area (Å²) < 4.78 is 42.6. The molecule has 2 aromatic heterocycles. The lowest BCUT2D eigenvalue weighted by atomic mass is 10.0. The van der Waals surface area contributed by atoms with Crippen molar-refractivity contribution in [3.63, 3.8) is 0 Å². The number of nitrogens with one attached hydrogen (secondary N) is 3. The van der Waals surface area contributed by atoms with Crippen molar-refractivity contribution in [2.45, 2.75) is 32.9 Å². The van der Waals surface area contributed by atoms with Crippen LogP contribution in [0.2, 0.25) is 0 Å². The Morgan fingerprint density at radius 3 is 2.55 bits per heavy atom. The molecule has 0 spiro atoms. The second-order valence-corrected chi connectivity index (χ2v) is 8.20. The first kappa shape index (κ1) is 24.2. The van der Waals surface area contributed by atoms with E-state index in [1.165, 1.54) is 19.9 Å². The van der Waals surface area contributed by atoms with Gasteiger partial charge in [0, 0.05) is 53.6 Å². The van der Waals surface area contributed by atoms with Crippen LogP contribution in [0.4, 0.5) is 29.5 Å². The zero-order valence-electron chi connectivity index (χ0n) is 18.6. The first-order chi connectivity index (χ1) is 15.6. The minimum Gasteiger partial charge on any atom is -0.395 e. The highest BCUT2D eigenvalue weighted by Crippen LogP contribution is 2.32. The minimum absolute atomic E-state index is 0.0445. The molecule has 3 aromatic rings. The summed E-state index contributed by atoms with van der Waals surface area (Å²) in [4.78, 5) is 20.8. The van der Waals surface area contributed by atoms with E-state index in [1.807, 2.05) is 0 Å². The Balaban J connectivity index is 1.88. The van der Waals surface area contributed by atoms with E-state index in [0.717, 1.165) is 0 Å². The molecule has 4 N–H and O–H groups in total. The summed E-state index contributed by atoms with van der Waals surface area (Å²) in [5.41, 5.74) is -0.0844. The molecular formula is C23H26F3N5O2. The van der Waals surface area contributed by atoms with Crippen molar-refractivity contribution in [1.82, 2.24) is 15.3 Å². The minimum atomic E-state index is -1.45. The number of rotatable bonds is 8. The number of hydrogen-bond donors (Lipinski definition) is 4. The lowest BCUT2D eigenvalue weighted by Crippen LogP contribution is -2.32. The Bertz CT molecular complexity index is 1170. The Labute approximate surface area is 189 Å². The van der Waals surface area contributed by atoms with E-state index >= 15 is 0 Å². The number of aromatic nitrogens is 2. The average molecular weight is 461 g/mol. The first-order valence-electron chi connectivity index (χ1n) is 10.4. The number of aliphatic hydroxyl groups excluding tert-OH is 1. The Kier molecular flexibility index (Phi) is 7.37. The van der Waals surface area contributed by atoms with E-state index in [0.29, 0.717) is 40.6 Å². The van der Waals surface area contributed by atoms with Crippen molar-refractivity contribution in [2.24, 2.45) is 0 Å². The van der Waals surface area contributed by atoms with Crippen LogP contribution in [0.25, 0.3) is 22.0 Å². The van der Waals surface area contributed by atoms with Crippen LogP contribution in [-0.2, 0) is 0 Å². The van der Waals surface area contributed by atoms with Crippen LogP contribution < -0.4 is 16.0 Å². The summed E-state index contributed by atoms with van der Waals surface area (Å²) in [6, 6.07) is 4.56. The maximum atomic E-state index is 14.7. The zero-order valence-corrected chi connectivity index (χ0v) is 18.6. The number of anilines is 2. The number of amides is 2. The number of halogens is 3. The molecule has 0 fully saturated rings. The lowest BCUT2D eigenvalue weighted by Gasteiger charge is -2.15. The first-order valence-corrected chi connectivity index (χ1v) is 10.4. The topological polar surface area (TPSA) is 99.2 Å². The van der Waals surface area contributed by atoms with Crippen molar-refractivity contribution in [2.75, 3.05) is 30.3 Å². The molecule has 10 heteroatoms. The van der Waals surface area contributed by atoms with Gasteiger partial charge in [0.25, 0.3) is 0 Å². The second-order valence-electron chi connectivity index (χ2n) is 8.20. The molecule has 0 aliphatic rings. The van der Waals surface area contributed by atoms with Crippen molar-refractivity contribution < 1.29 is 23.1 Å². The van der Waals surface area contributed by atoms with Gasteiger partial charge in [-0.3, -0.25) is 4.98 Å². The van der Waals surface area contributed by atoms with Crippen molar-refractivity contribution in [3.8, 4) is 11.1 Å². The number of carbonyl (C=O) groups is 1. The number of aliphatic hydroxyl groups is 1. The SMILES string of the molecule is Cc1nc2cc(NCCO)ncc2cc1-c1cc(NC(=O)NCCC(C)(C)F)c(F)cc1F. The highest BCUT2D eigenvalue weighted by atomic mass is 19.1. The summed E-state index contributed by atoms with van der Waals surface area (Å²) in [6.07, 6.45) is 1.65. The van der Waals surface area contributed by atoms with Crippen LogP contribution in [0, 0.1) is 18.6 Å². The van der Waals surface area contributed by atoms with Crippen LogP contribution in [0.15, 0.2) is 30.5 Å². The molecule has 0 aliphatic carbocycles. The maximum Gasteiger partial charge on any atom is 0.319 e. The van der Waals surface area contributed by atoms with Crippen LogP contribution >= 0.6 is 0 Å². The number of nitrogens with zero attached hydrogens (tertiary/aromatic N) is 2. The van der Waals surface area contributed by atoms with E-state index in [-0.39, 0.29) is 30.8 Å².